The van der Waals surface area contributed by atoms with Crippen molar-refractivity contribution in [3.8, 4) is 17.2 Å². The SMILES string of the molecule is COc1ccc2sc(N(Cc3ccco3)C(=O)c3cccc(OC)c3OC)nc2c1. The van der Waals surface area contributed by atoms with Crippen molar-refractivity contribution in [2.75, 3.05) is 26.2 Å². The Bertz CT molecular complexity index is 1170. The van der Waals surface area contributed by atoms with Gasteiger partial charge in [-0.15, -0.1) is 0 Å². The number of nitrogens with zero attached hydrogens (tertiary/aromatic N) is 2. The Hall–Kier alpha value is -3.52. The second-order valence-electron chi connectivity index (χ2n) is 6.34. The molecule has 4 aromatic rings. The summed E-state index contributed by atoms with van der Waals surface area (Å²) in [6.07, 6.45) is 1.58. The molecule has 7 nitrogen and oxygen atoms in total. The van der Waals surface area contributed by atoms with E-state index in [2.05, 4.69) is 4.98 Å². The topological polar surface area (TPSA) is 74.0 Å². The molecule has 0 radical (unpaired) electrons. The van der Waals surface area contributed by atoms with Crippen molar-refractivity contribution in [1.82, 2.24) is 4.98 Å². The Labute approximate surface area is 177 Å². The van der Waals surface area contributed by atoms with E-state index < -0.39 is 0 Å². The molecular formula is C22H20N2O5S. The molecule has 0 atom stereocenters. The number of hydrogen-bond acceptors (Lipinski definition) is 7. The number of rotatable bonds is 7. The van der Waals surface area contributed by atoms with Gasteiger partial charge in [0.05, 0.1) is 49.9 Å². The van der Waals surface area contributed by atoms with E-state index in [1.165, 1.54) is 25.6 Å². The number of benzene rings is 2. The molecule has 4 rings (SSSR count). The summed E-state index contributed by atoms with van der Waals surface area (Å²) >= 11 is 1.42. The van der Waals surface area contributed by atoms with E-state index in [9.17, 15) is 4.79 Å². The number of ether oxygens (including phenoxy) is 3. The van der Waals surface area contributed by atoms with E-state index >= 15 is 0 Å². The maximum Gasteiger partial charge on any atom is 0.264 e. The number of amides is 1. The Balaban J connectivity index is 1.80. The average molecular weight is 424 g/mol. The summed E-state index contributed by atoms with van der Waals surface area (Å²) in [5.74, 6) is 1.93. The lowest BCUT2D eigenvalue weighted by atomic mass is 10.1. The lowest BCUT2D eigenvalue weighted by molar-refractivity contribution is 0.0979. The van der Waals surface area contributed by atoms with Crippen LogP contribution in [0.25, 0.3) is 10.2 Å². The number of thiazole rings is 1. The van der Waals surface area contributed by atoms with Crippen LogP contribution in [0.1, 0.15) is 16.1 Å². The summed E-state index contributed by atoms with van der Waals surface area (Å²) in [4.78, 5) is 19.9. The number of fused-ring (bicyclic) bond motifs is 1. The van der Waals surface area contributed by atoms with Gasteiger partial charge in [-0.1, -0.05) is 17.4 Å². The number of methoxy groups -OCH3 is 3. The van der Waals surface area contributed by atoms with Gasteiger partial charge >= 0.3 is 0 Å². The van der Waals surface area contributed by atoms with Gasteiger partial charge in [0.15, 0.2) is 16.6 Å². The van der Waals surface area contributed by atoms with Crippen LogP contribution in [0.3, 0.4) is 0 Å². The van der Waals surface area contributed by atoms with E-state index in [1.807, 2.05) is 24.3 Å². The molecule has 2 heterocycles. The molecule has 2 aromatic heterocycles. The van der Waals surface area contributed by atoms with Gasteiger partial charge < -0.3 is 18.6 Å². The standard InChI is InChI=1S/C22H20N2O5S/c1-26-14-9-10-19-17(12-14)23-22(30-19)24(13-15-6-5-11-29-15)21(25)16-7-4-8-18(27-2)20(16)28-3/h4-12H,13H2,1-3H3. The Morgan fingerprint density at radius 3 is 2.63 bits per heavy atom. The van der Waals surface area contributed by atoms with Crippen molar-refractivity contribution >= 4 is 32.6 Å². The number of carbonyl (C=O) groups excluding carboxylic acids is 1. The highest BCUT2D eigenvalue weighted by Gasteiger charge is 2.26. The first kappa shape index (κ1) is 19.8. The van der Waals surface area contributed by atoms with E-state index in [0.29, 0.717) is 33.7 Å². The predicted octanol–water partition coefficient (Wildman–Crippen LogP) is 4.76. The first-order chi connectivity index (χ1) is 14.6. The summed E-state index contributed by atoms with van der Waals surface area (Å²) in [6.45, 7) is 0.225. The second-order valence-corrected chi connectivity index (χ2v) is 7.35. The maximum atomic E-state index is 13.6. The van der Waals surface area contributed by atoms with Gasteiger partial charge in [-0.25, -0.2) is 4.98 Å². The van der Waals surface area contributed by atoms with Crippen molar-refractivity contribution in [2.24, 2.45) is 0 Å². The summed E-state index contributed by atoms with van der Waals surface area (Å²) < 4.78 is 22.5. The van der Waals surface area contributed by atoms with E-state index in [4.69, 9.17) is 18.6 Å². The highest BCUT2D eigenvalue weighted by atomic mass is 32.1. The Morgan fingerprint density at radius 1 is 1.07 bits per heavy atom. The number of aromatic nitrogens is 1. The summed E-state index contributed by atoms with van der Waals surface area (Å²) in [5, 5.41) is 0.546. The zero-order valence-electron chi connectivity index (χ0n) is 16.7. The predicted molar refractivity (Wildman–Crippen MR) is 115 cm³/mol. The van der Waals surface area contributed by atoms with Crippen molar-refractivity contribution in [3.63, 3.8) is 0 Å². The molecule has 0 aliphatic rings. The van der Waals surface area contributed by atoms with Crippen LogP contribution in [0.2, 0.25) is 0 Å². The van der Waals surface area contributed by atoms with E-state index in [1.54, 1.807) is 42.5 Å². The van der Waals surface area contributed by atoms with Crippen LogP contribution in [0.4, 0.5) is 5.13 Å². The molecule has 2 aromatic carbocycles. The quantitative estimate of drug-likeness (QED) is 0.426. The number of carbonyl (C=O) groups is 1. The highest BCUT2D eigenvalue weighted by Crippen LogP contribution is 2.36. The van der Waals surface area contributed by atoms with Gasteiger partial charge in [-0.3, -0.25) is 9.69 Å². The van der Waals surface area contributed by atoms with Gasteiger partial charge in [0.2, 0.25) is 0 Å². The number of anilines is 1. The zero-order valence-corrected chi connectivity index (χ0v) is 17.6. The van der Waals surface area contributed by atoms with Gasteiger partial charge in [-0.2, -0.15) is 0 Å². The lowest BCUT2D eigenvalue weighted by Crippen LogP contribution is -2.30. The summed E-state index contributed by atoms with van der Waals surface area (Å²) in [6, 6.07) is 14.4. The number of para-hydroxylation sites is 1. The van der Waals surface area contributed by atoms with Crippen molar-refractivity contribution < 1.29 is 23.4 Å². The fourth-order valence-corrected chi connectivity index (χ4v) is 4.07. The molecule has 0 bridgehead atoms. The number of furan rings is 1. The third-order valence-electron chi connectivity index (χ3n) is 4.59. The Kier molecular flexibility index (Phi) is 5.58. The van der Waals surface area contributed by atoms with E-state index in [0.717, 1.165) is 10.2 Å². The molecule has 1 amide bonds. The van der Waals surface area contributed by atoms with Crippen LogP contribution < -0.4 is 19.1 Å². The molecule has 0 saturated carbocycles. The molecule has 0 N–H and O–H groups in total. The Morgan fingerprint density at radius 2 is 1.93 bits per heavy atom. The fourth-order valence-electron chi connectivity index (χ4n) is 3.12. The summed E-state index contributed by atoms with van der Waals surface area (Å²) in [7, 11) is 4.65. The fraction of sp³-hybridized carbons (Fsp3) is 0.182. The first-order valence-electron chi connectivity index (χ1n) is 9.14. The second kappa shape index (κ2) is 8.46. The lowest BCUT2D eigenvalue weighted by Gasteiger charge is -2.20. The van der Waals surface area contributed by atoms with Gasteiger partial charge in [0.1, 0.15) is 11.5 Å². The molecule has 0 fully saturated rings. The maximum absolute atomic E-state index is 13.6. The van der Waals surface area contributed by atoms with Gasteiger partial charge in [-0.05, 0) is 36.4 Å². The minimum absolute atomic E-state index is 0.225. The number of hydrogen-bond donors (Lipinski definition) is 0. The van der Waals surface area contributed by atoms with Crippen molar-refractivity contribution in [2.45, 2.75) is 6.54 Å². The molecule has 30 heavy (non-hydrogen) atoms. The largest absolute Gasteiger partial charge is 0.497 e. The molecule has 0 aliphatic heterocycles. The highest BCUT2D eigenvalue weighted by molar-refractivity contribution is 7.22. The van der Waals surface area contributed by atoms with Gasteiger partial charge in [0, 0.05) is 6.07 Å². The molecular weight excluding hydrogens is 404 g/mol. The normalized spacial score (nSPS) is 10.8. The average Bonchev–Trinajstić information content (AvgIpc) is 3.45. The summed E-state index contributed by atoms with van der Waals surface area (Å²) in [5.41, 5.74) is 1.13. The van der Waals surface area contributed by atoms with Crippen LogP contribution in [0.5, 0.6) is 17.2 Å². The molecule has 0 spiro atoms. The third-order valence-corrected chi connectivity index (χ3v) is 5.65. The minimum Gasteiger partial charge on any atom is -0.497 e. The van der Waals surface area contributed by atoms with Crippen LogP contribution >= 0.6 is 11.3 Å². The molecule has 0 saturated heterocycles. The third kappa shape index (κ3) is 3.69. The van der Waals surface area contributed by atoms with Crippen LogP contribution in [-0.4, -0.2) is 32.2 Å². The first-order valence-corrected chi connectivity index (χ1v) is 9.96. The monoisotopic (exact) mass is 424 g/mol. The van der Waals surface area contributed by atoms with Gasteiger partial charge in [0.25, 0.3) is 5.91 Å². The molecule has 0 aliphatic carbocycles. The van der Waals surface area contributed by atoms with Crippen LogP contribution in [-0.2, 0) is 6.54 Å². The molecule has 154 valence electrons. The molecule has 8 heteroatoms. The minimum atomic E-state index is -0.270. The van der Waals surface area contributed by atoms with Crippen LogP contribution in [0, 0.1) is 0 Å². The zero-order chi connectivity index (χ0) is 21.1. The smallest absolute Gasteiger partial charge is 0.264 e. The van der Waals surface area contributed by atoms with Crippen molar-refractivity contribution in [1.29, 1.82) is 0 Å². The van der Waals surface area contributed by atoms with Crippen molar-refractivity contribution in [3.05, 3.63) is 66.1 Å². The van der Waals surface area contributed by atoms with E-state index in [-0.39, 0.29) is 12.5 Å². The van der Waals surface area contributed by atoms with Crippen LogP contribution in [0.15, 0.2) is 59.2 Å². The molecule has 0 unspecified atom stereocenters.